The van der Waals surface area contributed by atoms with Gasteiger partial charge in [0.1, 0.15) is 18.1 Å². The van der Waals surface area contributed by atoms with Crippen LogP contribution >= 0.6 is 11.8 Å². The molecule has 9 nitrogen and oxygen atoms in total. The van der Waals surface area contributed by atoms with E-state index in [0.29, 0.717) is 28.9 Å². The molecule has 1 aromatic carbocycles. The van der Waals surface area contributed by atoms with E-state index < -0.39 is 5.82 Å². The molecule has 2 aliphatic heterocycles. The number of halogens is 1. The fourth-order valence-electron chi connectivity index (χ4n) is 3.59. The second kappa shape index (κ2) is 10.1. The van der Waals surface area contributed by atoms with Gasteiger partial charge in [-0.2, -0.15) is 0 Å². The average Bonchev–Trinajstić information content (AvgIpc) is 3.17. The van der Waals surface area contributed by atoms with Crippen molar-refractivity contribution in [1.82, 2.24) is 24.9 Å². The van der Waals surface area contributed by atoms with Crippen LogP contribution in [0, 0.1) is 5.82 Å². The third-order valence-electron chi connectivity index (χ3n) is 5.49. The zero-order valence-electron chi connectivity index (χ0n) is 18.6. The first-order valence-corrected chi connectivity index (χ1v) is 11.6. The second-order valence-corrected chi connectivity index (χ2v) is 9.28. The van der Waals surface area contributed by atoms with Crippen molar-refractivity contribution in [1.29, 1.82) is 0 Å². The Bertz CT molecular complexity index is 988. The molecule has 32 heavy (non-hydrogen) atoms. The van der Waals surface area contributed by atoms with Crippen molar-refractivity contribution in [3.05, 3.63) is 35.5 Å². The monoisotopic (exact) mass is 461 g/mol. The molecule has 3 heterocycles. The number of aliphatic imine (C=N–C) groups is 1. The van der Waals surface area contributed by atoms with E-state index in [0.717, 1.165) is 38.5 Å². The first-order valence-electron chi connectivity index (χ1n) is 10.6. The molecule has 0 saturated carbocycles. The molecule has 11 heteroatoms. The largest absolute Gasteiger partial charge is 0.410 e. The highest BCUT2D eigenvalue weighted by molar-refractivity contribution is 7.99. The average molecular weight is 462 g/mol. The Kier molecular flexibility index (Phi) is 7.19. The Morgan fingerprint density at radius 2 is 1.97 bits per heavy atom. The zero-order valence-corrected chi connectivity index (χ0v) is 19.4. The van der Waals surface area contributed by atoms with E-state index in [2.05, 4.69) is 36.9 Å². The summed E-state index contributed by atoms with van der Waals surface area (Å²) in [6, 6.07) is 4.37. The highest BCUT2D eigenvalue weighted by atomic mass is 32.2. The normalized spacial score (nSPS) is 18.1. The lowest BCUT2D eigenvalue weighted by atomic mass is 10.1. The number of anilines is 1. The summed E-state index contributed by atoms with van der Waals surface area (Å²) in [6.07, 6.45) is 0. The summed E-state index contributed by atoms with van der Waals surface area (Å²) in [5.41, 5.74) is 1.44. The summed E-state index contributed by atoms with van der Waals surface area (Å²) >= 11 is 1.45. The van der Waals surface area contributed by atoms with Gasteiger partial charge in [0.15, 0.2) is 0 Å². The van der Waals surface area contributed by atoms with E-state index >= 15 is 0 Å². The Morgan fingerprint density at radius 3 is 2.72 bits per heavy atom. The number of rotatable bonds is 7. The molecule has 1 fully saturated rings. The van der Waals surface area contributed by atoms with Crippen molar-refractivity contribution >= 4 is 29.1 Å². The summed E-state index contributed by atoms with van der Waals surface area (Å²) in [5, 5.41) is 8.65. The van der Waals surface area contributed by atoms with Gasteiger partial charge in [0, 0.05) is 44.0 Å². The molecule has 2 aromatic rings. The number of carbonyl (C=O) groups is 1. The van der Waals surface area contributed by atoms with Crippen LogP contribution in [-0.2, 0) is 4.79 Å². The number of benzodiazepines with no additional fused rings is 1. The van der Waals surface area contributed by atoms with Gasteiger partial charge in [0.05, 0.1) is 12.4 Å². The van der Waals surface area contributed by atoms with Crippen LogP contribution in [0.4, 0.5) is 10.1 Å². The van der Waals surface area contributed by atoms with Gasteiger partial charge in [0.2, 0.25) is 5.91 Å². The molecular weight excluding hydrogens is 433 g/mol. The predicted molar refractivity (Wildman–Crippen MR) is 122 cm³/mol. The first kappa shape index (κ1) is 22.8. The zero-order chi connectivity index (χ0) is 22.7. The van der Waals surface area contributed by atoms with Crippen molar-refractivity contribution in [3.8, 4) is 0 Å². The third kappa shape index (κ3) is 5.34. The van der Waals surface area contributed by atoms with E-state index in [1.165, 1.54) is 23.9 Å². The van der Waals surface area contributed by atoms with Gasteiger partial charge in [-0.3, -0.25) is 19.6 Å². The minimum atomic E-state index is -0.412. The molecule has 0 bridgehead atoms. The molecular formula is C21H28FN7O2S. The fourth-order valence-corrected chi connectivity index (χ4v) is 4.46. The SMILES string of the molecule is CN(C)CCSc1nnc(C2=NCC(=O)N(CN3CCN(C)CC3)c3ccc(F)cc32)o1. The highest BCUT2D eigenvalue weighted by Gasteiger charge is 2.30. The number of fused-ring (bicyclic) bond motifs is 1. The summed E-state index contributed by atoms with van der Waals surface area (Å²) < 4.78 is 20.1. The molecule has 0 N–H and O–H groups in total. The maximum atomic E-state index is 14.2. The number of nitrogens with zero attached hydrogens (tertiary/aromatic N) is 7. The molecule has 0 unspecified atom stereocenters. The molecule has 1 amide bonds. The molecule has 1 saturated heterocycles. The van der Waals surface area contributed by atoms with Crippen LogP contribution < -0.4 is 4.90 Å². The molecule has 0 spiro atoms. The Labute approximate surface area is 191 Å². The molecule has 4 rings (SSSR count). The Balaban J connectivity index is 1.59. The Hall–Kier alpha value is -2.34. The van der Waals surface area contributed by atoms with Crippen molar-refractivity contribution in [2.45, 2.75) is 5.22 Å². The van der Waals surface area contributed by atoms with Crippen molar-refractivity contribution in [2.75, 3.05) is 77.7 Å². The molecule has 172 valence electrons. The molecule has 2 aliphatic rings. The number of aromatic nitrogens is 2. The quantitative estimate of drug-likeness (QED) is 0.570. The number of hydrogen-bond donors (Lipinski definition) is 0. The van der Waals surface area contributed by atoms with Gasteiger partial charge in [-0.05, 0) is 39.3 Å². The van der Waals surface area contributed by atoms with Crippen molar-refractivity contribution < 1.29 is 13.6 Å². The van der Waals surface area contributed by atoms with E-state index in [4.69, 9.17) is 4.42 Å². The van der Waals surface area contributed by atoms with Crippen LogP contribution in [0.3, 0.4) is 0 Å². The van der Waals surface area contributed by atoms with Crippen LogP contribution in [0.5, 0.6) is 0 Å². The topological polar surface area (TPSA) is 81.3 Å². The lowest BCUT2D eigenvalue weighted by molar-refractivity contribution is -0.117. The van der Waals surface area contributed by atoms with Gasteiger partial charge < -0.3 is 14.2 Å². The molecule has 0 aliphatic carbocycles. The molecule has 0 radical (unpaired) electrons. The summed E-state index contributed by atoms with van der Waals surface area (Å²) in [4.78, 5) is 25.7. The smallest absolute Gasteiger partial charge is 0.276 e. The minimum Gasteiger partial charge on any atom is -0.410 e. The standard InChI is InChI=1S/C21H28FN7O2S/c1-26(2)10-11-32-21-25-24-20(31-21)19-16-12-15(22)4-5-17(16)29(18(30)13-23-19)14-28-8-6-27(3)7-9-28/h4-5,12H,6-11,13-14H2,1-3H3. The molecule has 1 aromatic heterocycles. The third-order valence-corrected chi connectivity index (χ3v) is 6.29. The number of carbonyl (C=O) groups excluding carboxylic acids is 1. The van der Waals surface area contributed by atoms with Gasteiger partial charge in [-0.15, -0.1) is 10.2 Å². The highest BCUT2D eigenvalue weighted by Crippen LogP contribution is 2.29. The minimum absolute atomic E-state index is 0.0646. The summed E-state index contributed by atoms with van der Waals surface area (Å²) in [7, 11) is 6.08. The maximum Gasteiger partial charge on any atom is 0.276 e. The number of benzene rings is 1. The van der Waals surface area contributed by atoms with Gasteiger partial charge in [-0.1, -0.05) is 11.8 Å². The summed E-state index contributed by atoms with van der Waals surface area (Å²) in [5.74, 6) is 0.430. The lowest BCUT2D eigenvalue weighted by Crippen LogP contribution is -2.50. The van der Waals surface area contributed by atoms with Crippen molar-refractivity contribution in [2.24, 2.45) is 4.99 Å². The first-order chi connectivity index (χ1) is 15.4. The number of amides is 1. The van der Waals surface area contributed by atoms with E-state index in [-0.39, 0.29) is 18.3 Å². The van der Waals surface area contributed by atoms with Crippen LogP contribution in [-0.4, -0.2) is 109 Å². The number of piperazine rings is 1. The number of likely N-dealkylation sites (N-methyl/N-ethyl adjacent to an activating group) is 1. The fraction of sp³-hybridized carbons (Fsp3) is 0.524. The van der Waals surface area contributed by atoms with E-state index in [9.17, 15) is 9.18 Å². The van der Waals surface area contributed by atoms with Crippen LogP contribution in [0.1, 0.15) is 11.5 Å². The predicted octanol–water partition coefficient (Wildman–Crippen LogP) is 1.25. The van der Waals surface area contributed by atoms with E-state index in [1.807, 2.05) is 14.1 Å². The van der Waals surface area contributed by atoms with Crippen molar-refractivity contribution in [3.63, 3.8) is 0 Å². The maximum absolute atomic E-state index is 14.2. The molecule has 0 atom stereocenters. The van der Waals surface area contributed by atoms with Crippen LogP contribution in [0.15, 0.2) is 32.8 Å². The van der Waals surface area contributed by atoms with Gasteiger partial charge in [0.25, 0.3) is 11.1 Å². The van der Waals surface area contributed by atoms with Gasteiger partial charge >= 0.3 is 0 Å². The van der Waals surface area contributed by atoms with Crippen LogP contribution in [0.2, 0.25) is 0 Å². The van der Waals surface area contributed by atoms with E-state index in [1.54, 1.807) is 11.0 Å². The van der Waals surface area contributed by atoms with Gasteiger partial charge in [-0.25, -0.2) is 4.39 Å². The van der Waals surface area contributed by atoms with Crippen LogP contribution in [0.25, 0.3) is 0 Å². The summed E-state index contributed by atoms with van der Waals surface area (Å²) in [6.45, 7) is 4.84. The second-order valence-electron chi connectivity index (χ2n) is 8.24. The lowest BCUT2D eigenvalue weighted by Gasteiger charge is -2.36. The number of hydrogen-bond acceptors (Lipinski definition) is 9. The number of thioether (sulfide) groups is 1. The Morgan fingerprint density at radius 1 is 1.19 bits per heavy atom.